The Morgan fingerprint density at radius 2 is 1.90 bits per heavy atom. The summed E-state index contributed by atoms with van der Waals surface area (Å²) in [5.41, 5.74) is 1.44. The number of aromatic nitrogens is 1. The van der Waals surface area contributed by atoms with Crippen LogP contribution >= 0.6 is 11.3 Å². The van der Waals surface area contributed by atoms with Crippen molar-refractivity contribution in [3.63, 3.8) is 0 Å². The van der Waals surface area contributed by atoms with E-state index in [0.717, 1.165) is 10.2 Å². The third-order valence-electron chi connectivity index (χ3n) is 4.66. The number of rotatable bonds is 7. The molecule has 0 atom stereocenters. The number of hydrogen-bond donors (Lipinski definition) is 0. The van der Waals surface area contributed by atoms with Crippen molar-refractivity contribution in [2.45, 2.75) is 0 Å². The molecular weight excluding hydrogens is 420 g/mol. The fourth-order valence-corrected chi connectivity index (χ4v) is 3.99. The van der Waals surface area contributed by atoms with E-state index in [4.69, 9.17) is 9.47 Å². The first-order valence-electron chi connectivity index (χ1n) is 9.49. The Balaban J connectivity index is 1.59. The van der Waals surface area contributed by atoms with Gasteiger partial charge in [0.2, 0.25) is 6.79 Å². The molecule has 1 aliphatic heterocycles. The lowest BCUT2D eigenvalue weighted by Crippen LogP contribution is -2.35. The van der Waals surface area contributed by atoms with Crippen LogP contribution in [0, 0.1) is 10.1 Å². The van der Waals surface area contributed by atoms with Crippen LogP contribution in [0.1, 0.15) is 5.56 Å². The number of likely N-dealkylation sites (N-methyl/N-ethyl adjacent to an activating group) is 1. The number of hydrogen-bond acceptors (Lipinski definition) is 8. The number of non-ortho nitro benzene ring substituents is 1. The number of nitrogens with zero attached hydrogens (tertiary/aromatic N) is 4. The van der Waals surface area contributed by atoms with Crippen molar-refractivity contribution in [2.75, 3.05) is 38.9 Å². The fraction of sp³-hybridized carbons (Fsp3) is 0.238. The molecule has 1 aromatic heterocycles. The van der Waals surface area contributed by atoms with Gasteiger partial charge in [0.15, 0.2) is 16.6 Å². The zero-order valence-electron chi connectivity index (χ0n) is 17.0. The van der Waals surface area contributed by atoms with Gasteiger partial charge in [-0.05, 0) is 37.9 Å². The van der Waals surface area contributed by atoms with Gasteiger partial charge in [0.1, 0.15) is 0 Å². The molecule has 0 bridgehead atoms. The van der Waals surface area contributed by atoms with Crippen LogP contribution in [0.2, 0.25) is 0 Å². The average Bonchev–Trinajstić information content (AvgIpc) is 3.36. The number of ether oxygens (including phenoxy) is 2. The second-order valence-electron chi connectivity index (χ2n) is 7.14. The molecule has 9 nitrogen and oxygen atoms in total. The first kappa shape index (κ1) is 20.8. The van der Waals surface area contributed by atoms with Crippen LogP contribution in [0.3, 0.4) is 0 Å². The largest absolute Gasteiger partial charge is 0.454 e. The lowest BCUT2D eigenvalue weighted by molar-refractivity contribution is -0.384. The predicted octanol–water partition coefficient (Wildman–Crippen LogP) is 3.54. The molecule has 160 valence electrons. The van der Waals surface area contributed by atoms with E-state index in [0.29, 0.717) is 35.3 Å². The number of amides is 1. The van der Waals surface area contributed by atoms with E-state index in [1.165, 1.54) is 29.5 Å². The molecule has 10 heteroatoms. The van der Waals surface area contributed by atoms with Crippen LogP contribution in [0.25, 0.3) is 16.3 Å². The van der Waals surface area contributed by atoms with E-state index in [9.17, 15) is 14.9 Å². The molecule has 2 aromatic carbocycles. The first-order valence-corrected chi connectivity index (χ1v) is 10.3. The molecule has 0 radical (unpaired) electrons. The van der Waals surface area contributed by atoms with Gasteiger partial charge in [-0.15, -0.1) is 0 Å². The highest BCUT2D eigenvalue weighted by Gasteiger charge is 2.21. The standard InChI is InChI=1S/C21H20N4O5S/c1-23(2)9-10-24(20(26)8-5-14-3-6-15(7-4-14)25(27)28)21-22-16-11-17-18(30-13-29-17)12-19(16)31-21/h3-8,11-12H,9-10,13H2,1-2H3. The summed E-state index contributed by atoms with van der Waals surface area (Å²) in [7, 11) is 3.87. The number of nitro benzene ring substituents is 1. The maximum atomic E-state index is 13.0. The van der Waals surface area contributed by atoms with Crippen LogP contribution < -0.4 is 14.4 Å². The molecule has 0 aliphatic carbocycles. The Morgan fingerprint density at radius 3 is 2.58 bits per heavy atom. The normalized spacial score (nSPS) is 12.7. The highest BCUT2D eigenvalue weighted by Crippen LogP contribution is 2.39. The topological polar surface area (TPSA) is 98.0 Å². The zero-order chi connectivity index (χ0) is 22.0. The Morgan fingerprint density at radius 1 is 1.19 bits per heavy atom. The smallest absolute Gasteiger partial charge is 0.269 e. The van der Waals surface area contributed by atoms with Crippen molar-refractivity contribution in [3.05, 3.63) is 58.2 Å². The van der Waals surface area contributed by atoms with Crippen molar-refractivity contribution in [3.8, 4) is 11.5 Å². The van der Waals surface area contributed by atoms with Crippen molar-refractivity contribution >= 4 is 44.4 Å². The SMILES string of the molecule is CN(C)CCN(C(=O)C=Cc1ccc([N+](=O)[O-])cc1)c1nc2cc3c(cc2s1)OCO3. The minimum Gasteiger partial charge on any atom is -0.454 e. The highest BCUT2D eigenvalue weighted by molar-refractivity contribution is 7.22. The molecule has 1 amide bonds. The number of fused-ring (bicyclic) bond motifs is 2. The summed E-state index contributed by atoms with van der Waals surface area (Å²) in [6, 6.07) is 9.71. The van der Waals surface area contributed by atoms with Gasteiger partial charge in [0.05, 0.1) is 15.1 Å². The van der Waals surface area contributed by atoms with Crippen molar-refractivity contribution in [2.24, 2.45) is 0 Å². The Hall–Kier alpha value is -3.50. The Bertz CT molecular complexity index is 1120. The molecule has 0 N–H and O–H groups in total. The van der Waals surface area contributed by atoms with Crippen LogP contribution in [-0.4, -0.2) is 54.7 Å². The zero-order valence-corrected chi connectivity index (χ0v) is 17.8. The number of nitro groups is 1. The fourth-order valence-electron chi connectivity index (χ4n) is 2.99. The van der Waals surface area contributed by atoms with E-state index in [2.05, 4.69) is 4.98 Å². The third-order valence-corrected chi connectivity index (χ3v) is 5.70. The first-order chi connectivity index (χ1) is 14.9. The molecule has 2 heterocycles. The number of benzene rings is 2. The van der Waals surface area contributed by atoms with Gasteiger partial charge in [-0.25, -0.2) is 4.98 Å². The van der Waals surface area contributed by atoms with Crippen molar-refractivity contribution < 1.29 is 19.2 Å². The number of carbonyl (C=O) groups excluding carboxylic acids is 1. The number of carbonyl (C=O) groups is 1. The second-order valence-corrected chi connectivity index (χ2v) is 8.15. The van der Waals surface area contributed by atoms with Crippen molar-refractivity contribution in [1.29, 1.82) is 0 Å². The predicted molar refractivity (Wildman–Crippen MR) is 119 cm³/mol. The van der Waals surface area contributed by atoms with Gasteiger partial charge in [-0.1, -0.05) is 11.3 Å². The van der Waals surface area contributed by atoms with Gasteiger partial charge in [0, 0.05) is 43.4 Å². The van der Waals surface area contributed by atoms with Gasteiger partial charge in [-0.3, -0.25) is 19.8 Å². The summed E-state index contributed by atoms with van der Waals surface area (Å²) in [6.07, 6.45) is 3.09. The van der Waals surface area contributed by atoms with Crippen LogP contribution in [0.5, 0.6) is 11.5 Å². The quantitative estimate of drug-likeness (QED) is 0.315. The monoisotopic (exact) mass is 440 g/mol. The van der Waals surface area contributed by atoms with Crippen LogP contribution in [0.15, 0.2) is 42.5 Å². The van der Waals surface area contributed by atoms with Gasteiger partial charge in [-0.2, -0.15) is 0 Å². The minimum atomic E-state index is -0.458. The molecule has 4 rings (SSSR count). The second kappa shape index (κ2) is 8.70. The summed E-state index contributed by atoms with van der Waals surface area (Å²) in [5, 5.41) is 11.4. The van der Waals surface area contributed by atoms with Gasteiger partial charge < -0.3 is 14.4 Å². The molecule has 0 saturated heterocycles. The summed E-state index contributed by atoms with van der Waals surface area (Å²) < 4.78 is 11.7. The van der Waals surface area contributed by atoms with Crippen LogP contribution in [0.4, 0.5) is 10.8 Å². The maximum absolute atomic E-state index is 13.0. The summed E-state index contributed by atoms with van der Waals surface area (Å²) in [4.78, 5) is 31.6. The van der Waals surface area contributed by atoms with E-state index < -0.39 is 4.92 Å². The summed E-state index contributed by atoms with van der Waals surface area (Å²) in [6.45, 7) is 1.32. The van der Waals surface area contributed by atoms with Gasteiger partial charge in [0.25, 0.3) is 11.6 Å². The van der Waals surface area contributed by atoms with Crippen molar-refractivity contribution in [1.82, 2.24) is 9.88 Å². The summed E-state index contributed by atoms with van der Waals surface area (Å²) >= 11 is 1.41. The Labute approximate surface area is 182 Å². The van der Waals surface area contributed by atoms with Crippen LogP contribution in [-0.2, 0) is 4.79 Å². The van der Waals surface area contributed by atoms with E-state index in [-0.39, 0.29) is 18.4 Å². The van der Waals surface area contributed by atoms with Gasteiger partial charge >= 0.3 is 0 Å². The average molecular weight is 440 g/mol. The third kappa shape index (κ3) is 4.65. The lowest BCUT2D eigenvalue weighted by Gasteiger charge is -2.20. The maximum Gasteiger partial charge on any atom is 0.269 e. The molecule has 0 unspecified atom stereocenters. The summed E-state index contributed by atoms with van der Waals surface area (Å²) in [5.74, 6) is 1.10. The van der Waals surface area contributed by atoms with E-state index in [1.807, 2.05) is 31.1 Å². The number of thiazole rings is 1. The molecule has 0 saturated carbocycles. The Kier molecular flexibility index (Phi) is 5.83. The molecule has 0 spiro atoms. The molecule has 3 aromatic rings. The lowest BCUT2D eigenvalue weighted by atomic mass is 10.2. The molecular formula is C21H20N4O5S. The minimum absolute atomic E-state index is 0.00502. The molecule has 1 aliphatic rings. The van der Waals surface area contributed by atoms with E-state index in [1.54, 1.807) is 23.1 Å². The molecule has 0 fully saturated rings. The van der Waals surface area contributed by atoms with E-state index >= 15 is 0 Å². The number of anilines is 1. The molecule has 31 heavy (non-hydrogen) atoms. The highest BCUT2D eigenvalue weighted by atomic mass is 32.1.